The first-order valence-corrected chi connectivity index (χ1v) is 6.17. The van der Waals surface area contributed by atoms with E-state index in [2.05, 4.69) is 0 Å². The number of aliphatic hydroxyl groups is 1. The molecule has 0 bridgehead atoms. The van der Waals surface area contributed by atoms with Crippen molar-refractivity contribution in [2.24, 2.45) is 5.73 Å². The zero-order valence-electron chi connectivity index (χ0n) is 10.9. The van der Waals surface area contributed by atoms with Crippen LogP contribution in [0, 0.1) is 0 Å². The molecule has 0 aliphatic rings. The largest absolute Gasteiger partial charge is 0.455 e. The minimum atomic E-state index is -0.538. The van der Waals surface area contributed by atoms with E-state index in [1.54, 1.807) is 18.2 Å². The maximum absolute atomic E-state index is 11.1. The number of nitrogen functional groups attached to an aromatic ring is 1. The number of carbonyl (C=O) groups is 1. The zero-order valence-corrected chi connectivity index (χ0v) is 10.9. The second-order valence-corrected chi connectivity index (χ2v) is 4.30. The van der Waals surface area contributed by atoms with Gasteiger partial charge in [0.1, 0.15) is 11.5 Å². The van der Waals surface area contributed by atoms with Gasteiger partial charge < -0.3 is 21.3 Å². The number of primary amides is 1. The van der Waals surface area contributed by atoms with Crippen molar-refractivity contribution in [2.45, 2.75) is 6.42 Å². The van der Waals surface area contributed by atoms with E-state index >= 15 is 0 Å². The molecule has 20 heavy (non-hydrogen) atoms. The molecule has 0 atom stereocenters. The van der Waals surface area contributed by atoms with E-state index in [-0.39, 0.29) is 6.61 Å². The van der Waals surface area contributed by atoms with Crippen LogP contribution in [0.2, 0.25) is 0 Å². The summed E-state index contributed by atoms with van der Waals surface area (Å²) in [5, 5.41) is 9.03. The smallest absolute Gasteiger partial charge is 0.248 e. The van der Waals surface area contributed by atoms with E-state index in [9.17, 15) is 4.79 Å². The summed E-state index contributed by atoms with van der Waals surface area (Å²) in [7, 11) is 0. The van der Waals surface area contributed by atoms with Crippen LogP contribution in [0.4, 0.5) is 5.69 Å². The Morgan fingerprint density at radius 2 is 1.90 bits per heavy atom. The number of nitrogens with two attached hydrogens (primary N) is 2. The standard InChI is InChI=1S/C15H16N2O3/c16-12-9-11(15(17)19)5-6-14(12)20-13-4-2-1-3-10(13)7-8-18/h1-6,9,18H,7-8,16H2,(H2,17,19). The SMILES string of the molecule is NC(=O)c1ccc(Oc2ccccc2CCO)c(N)c1. The number of anilines is 1. The molecule has 2 rings (SSSR count). The van der Waals surface area contributed by atoms with Gasteiger partial charge in [-0.15, -0.1) is 0 Å². The number of amides is 1. The molecule has 5 nitrogen and oxygen atoms in total. The highest BCUT2D eigenvalue weighted by atomic mass is 16.5. The molecule has 1 amide bonds. The molecule has 0 heterocycles. The predicted octanol–water partition coefficient (Wildman–Crippen LogP) is 1.69. The van der Waals surface area contributed by atoms with E-state index < -0.39 is 5.91 Å². The Kier molecular flexibility index (Phi) is 4.22. The van der Waals surface area contributed by atoms with Crippen LogP contribution in [0.1, 0.15) is 15.9 Å². The third kappa shape index (κ3) is 3.07. The highest BCUT2D eigenvalue weighted by Gasteiger charge is 2.09. The molecule has 0 saturated heterocycles. The number of hydrogen-bond donors (Lipinski definition) is 3. The second-order valence-electron chi connectivity index (χ2n) is 4.30. The number of ether oxygens (including phenoxy) is 1. The minimum absolute atomic E-state index is 0.0382. The van der Waals surface area contributed by atoms with Crippen molar-refractivity contribution in [3.8, 4) is 11.5 Å². The lowest BCUT2D eigenvalue weighted by Crippen LogP contribution is -2.11. The Hall–Kier alpha value is -2.53. The first kappa shape index (κ1) is 13.9. The Bertz CT molecular complexity index is 626. The predicted molar refractivity (Wildman–Crippen MR) is 76.7 cm³/mol. The third-order valence-electron chi connectivity index (χ3n) is 2.87. The van der Waals surface area contributed by atoms with Gasteiger partial charge in [0, 0.05) is 12.2 Å². The quantitative estimate of drug-likeness (QED) is 0.721. The number of rotatable bonds is 5. The molecule has 0 spiro atoms. The summed E-state index contributed by atoms with van der Waals surface area (Å²) in [6.07, 6.45) is 0.495. The van der Waals surface area contributed by atoms with Gasteiger partial charge in [-0.2, -0.15) is 0 Å². The molecular weight excluding hydrogens is 256 g/mol. The van der Waals surface area contributed by atoms with E-state index in [0.717, 1.165) is 5.56 Å². The van der Waals surface area contributed by atoms with Crippen molar-refractivity contribution in [3.05, 3.63) is 53.6 Å². The highest BCUT2D eigenvalue weighted by molar-refractivity contribution is 5.94. The number of hydrogen-bond acceptors (Lipinski definition) is 4. The van der Waals surface area contributed by atoms with Gasteiger partial charge in [0.05, 0.1) is 5.69 Å². The molecule has 5 heteroatoms. The molecular formula is C15H16N2O3. The Morgan fingerprint density at radius 1 is 1.15 bits per heavy atom. The fraction of sp³-hybridized carbons (Fsp3) is 0.133. The van der Waals surface area contributed by atoms with Crippen molar-refractivity contribution in [2.75, 3.05) is 12.3 Å². The summed E-state index contributed by atoms with van der Waals surface area (Å²) in [6.45, 7) is 0.0382. The number of para-hydroxylation sites is 1. The van der Waals surface area contributed by atoms with Crippen LogP contribution in [0.3, 0.4) is 0 Å². The number of carbonyl (C=O) groups excluding carboxylic acids is 1. The summed E-state index contributed by atoms with van der Waals surface area (Å²) >= 11 is 0. The van der Waals surface area contributed by atoms with E-state index in [4.69, 9.17) is 21.3 Å². The molecule has 2 aromatic carbocycles. The van der Waals surface area contributed by atoms with Crippen molar-refractivity contribution >= 4 is 11.6 Å². The number of benzene rings is 2. The van der Waals surface area contributed by atoms with Crippen LogP contribution in [0.25, 0.3) is 0 Å². The van der Waals surface area contributed by atoms with Crippen LogP contribution in [-0.2, 0) is 6.42 Å². The van der Waals surface area contributed by atoms with Crippen LogP contribution in [0.5, 0.6) is 11.5 Å². The monoisotopic (exact) mass is 272 g/mol. The molecule has 2 aromatic rings. The molecule has 0 radical (unpaired) electrons. The molecule has 104 valence electrons. The van der Waals surface area contributed by atoms with Gasteiger partial charge in [0.25, 0.3) is 0 Å². The normalized spacial score (nSPS) is 10.2. The van der Waals surface area contributed by atoms with Gasteiger partial charge >= 0.3 is 0 Å². The molecule has 0 saturated carbocycles. The average molecular weight is 272 g/mol. The van der Waals surface area contributed by atoms with Gasteiger partial charge in [-0.3, -0.25) is 4.79 Å². The molecule has 5 N–H and O–H groups in total. The van der Waals surface area contributed by atoms with E-state index in [1.165, 1.54) is 6.07 Å². The minimum Gasteiger partial charge on any atom is -0.455 e. The van der Waals surface area contributed by atoms with Gasteiger partial charge in [-0.1, -0.05) is 18.2 Å². The molecule has 0 aromatic heterocycles. The van der Waals surface area contributed by atoms with Gasteiger partial charge in [0.2, 0.25) is 5.91 Å². The van der Waals surface area contributed by atoms with Crippen LogP contribution in [-0.4, -0.2) is 17.6 Å². The van der Waals surface area contributed by atoms with E-state index in [1.807, 2.05) is 18.2 Å². The zero-order chi connectivity index (χ0) is 14.5. The number of aliphatic hydroxyl groups excluding tert-OH is 1. The highest BCUT2D eigenvalue weighted by Crippen LogP contribution is 2.30. The van der Waals surface area contributed by atoms with Crippen molar-refractivity contribution in [1.82, 2.24) is 0 Å². The summed E-state index contributed by atoms with van der Waals surface area (Å²) in [6, 6.07) is 12.0. The Morgan fingerprint density at radius 3 is 2.55 bits per heavy atom. The van der Waals surface area contributed by atoms with Crippen LogP contribution >= 0.6 is 0 Å². The summed E-state index contributed by atoms with van der Waals surface area (Å²) < 4.78 is 5.74. The maximum Gasteiger partial charge on any atom is 0.248 e. The molecule has 0 unspecified atom stereocenters. The first-order valence-electron chi connectivity index (χ1n) is 6.17. The summed E-state index contributed by atoms with van der Waals surface area (Å²) in [4.78, 5) is 11.1. The van der Waals surface area contributed by atoms with Crippen molar-refractivity contribution < 1.29 is 14.6 Å². The van der Waals surface area contributed by atoms with Crippen molar-refractivity contribution in [1.29, 1.82) is 0 Å². The Labute approximate surface area is 116 Å². The summed E-state index contributed by atoms with van der Waals surface area (Å²) in [5.74, 6) is 0.532. The molecule has 0 aliphatic carbocycles. The molecule has 0 aliphatic heterocycles. The van der Waals surface area contributed by atoms with E-state index in [0.29, 0.717) is 29.2 Å². The summed E-state index contributed by atoms with van der Waals surface area (Å²) in [5.41, 5.74) is 12.6. The average Bonchev–Trinajstić information content (AvgIpc) is 2.43. The van der Waals surface area contributed by atoms with Gasteiger partial charge in [-0.05, 0) is 36.2 Å². The van der Waals surface area contributed by atoms with Gasteiger partial charge in [-0.25, -0.2) is 0 Å². The van der Waals surface area contributed by atoms with Crippen LogP contribution < -0.4 is 16.2 Å². The lowest BCUT2D eigenvalue weighted by molar-refractivity contribution is 0.100. The molecule has 0 fully saturated rings. The maximum atomic E-state index is 11.1. The first-order chi connectivity index (χ1) is 9.61. The van der Waals surface area contributed by atoms with Gasteiger partial charge in [0.15, 0.2) is 0 Å². The fourth-order valence-corrected chi connectivity index (χ4v) is 1.84. The van der Waals surface area contributed by atoms with Crippen LogP contribution in [0.15, 0.2) is 42.5 Å². The topological polar surface area (TPSA) is 98.6 Å². The Balaban J connectivity index is 2.28. The van der Waals surface area contributed by atoms with Crippen molar-refractivity contribution in [3.63, 3.8) is 0 Å². The lowest BCUT2D eigenvalue weighted by atomic mass is 10.1. The fourth-order valence-electron chi connectivity index (χ4n) is 1.84. The third-order valence-corrected chi connectivity index (χ3v) is 2.87. The lowest BCUT2D eigenvalue weighted by Gasteiger charge is -2.12. The second kappa shape index (κ2) is 6.08.